The van der Waals surface area contributed by atoms with Crippen molar-refractivity contribution in [1.82, 2.24) is 5.32 Å². The van der Waals surface area contributed by atoms with Gasteiger partial charge in [-0.1, -0.05) is 48.5 Å². The van der Waals surface area contributed by atoms with Crippen molar-refractivity contribution in [3.63, 3.8) is 0 Å². The lowest BCUT2D eigenvalue weighted by atomic mass is 9.98. The van der Waals surface area contributed by atoms with Gasteiger partial charge in [0.2, 0.25) is 0 Å². The van der Waals surface area contributed by atoms with Crippen LogP contribution in [0.25, 0.3) is 11.1 Å². The molecular formula is C22H24N2O4. The van der Waals surface area contributed by atoms with E-state index in [2.05, 4.69) is 29.6 Å². The highest BCUT2D eigenvalue weighted by Crippen LogP contribution is 2.44. The Balaban J connectivity index is 1.19. The van der Waals surface area contributed by atoms with Crippen LogP contribution in [0.15, 0.2) is 48.5 Å². The highest BCUT2D eigenvalue weighted by atomic mass is 16.6. The number of nitrogens with two attached hydrogens (primary N) is 1. The summed E-state index contributed by atoms with van der Waals surface area (Å²) in [5, 5.41) is 2.86. The summed E-state index contributed by atoms with van der Waals surface area (Å²) in [5.74, 6) is 0.174. The molecule has 146 valence electrons. The van der Waals surface area contributed by atoms with Crippen LogP contribution in [0.3, 0.4) is 0 Å². The Morgan fingerprint density at radius 1 is 1.00 bits per heavy atom. The SMILES string of the molecule is N[C@H]1CO[C@@H]2[C@@H](CNC(=O)OCC3c4ccccc4-c4ccccc43)CO[C@@H]21. The molecule has 4 atom stereocenters. The van der Waals surface area contributed by atoms with Gasteiger partial charge < -0.3 is 25.3 Å². The van der Waals surface area contributed by atoms with Crippen molar-refractivity contribution >= 4 is 6.09 Å². The quantitative estimate of drug-likeness (QED) is 0.850. The van der Waals surface area contributed by atoms with Crippen molar-refractivity contribution in [3.05, 3.63) is 59.7 Å². The third-order valence-electron chi connectivity index (χ3n) is 6.05. The summed E-state index contributed by atoms with van der Waals surface area (Å²) < 4.78 is 17.0. The first-order valence-electron chi connectivity index (χ1n) is 9.80. The molecule has 2 aromatic rings. The maximum atomic E-state index is 12.3. The minimum Gasteiger partial charge on any atom is -0.449 e. The summed E-state index contributed by atoms with van der Waals surface area (Å²) >= 11 is 0. The van der Waals surface area contributed by atoms with Crippen LogP contribution in [0, 0.1) is 5.92 Å². The maximum absolute atomic E-state index is 12.3. The van der Waals surface area contributed by atoms with Gasteiger partial charge in [0, 0.05) is 18.4 Å². The van der Waals surface area contributed by atoms with E-state index >= 15 is 0 Å². The molecule has 0 bridgehead atoms. The maximum Gasteiger partial charge on any atom is 0.407 e. The number of nitrogens with one attached hydrogen (secondary N) is 1. The Morgan fingerprint density at radius 3 is 2.36 bits per heavy atom. The van der Waals surface area contributed by atoms with Gasteiger partial charge in [0.15, 0.2) is 0 Å². The molecule has 2 heterocycles. The van der Waals surface area contributed by atoms with Gasteiger partial charge in [0.05, 0.1) is 25.4 Å². The van der Waals surface area contributed by atoms with Gasteiger partial charge in [-0.15, -0.1) is 0 Å². The molecule has 0 saturated carbocycles. The van der Waals surface area contributed by atoms with Crippen LogP contribution in [0.2, 0.25) is 0 Å². The molecule has 0 radical (unpaired) electrons. The molecule has 2 aromatic carbocycles. The molecule has 2 saturated heterocycles. The summed E-state index contributed by atoms with van der Waals surface area (Å²) in [5.41, 5.74) is 10.8. The van der Waals surface area contributed by atoms with Crippen LogP contribution in [0.4, 0.5) is 4.79 Å². The van der Waals surface area contributed by atoms with Gasteiger partial charge in [-0.3, -0.25) is 0 Å². The van der Waals surface area contributed by atoms with Crippen LogP contribution in [0.1, 0.15) is 17.0 Å². The minimum absolute atomic E-state index is 0.0381. The van der Waals surface area contributed by atoms with Crippen molar-refractivity contribution < 1.29 is 19.0 Å². The molecule has 5 rings (SSSR count). The van der Waals surface area contributed by atoms with Gasteiger partial charge in [-0.2, -0.15) is 0 Å². The zero-order chi connectivity index (χ0) is 19.1. The van der Waals surface area contributed by atoms with Gasteiger partial charge in [0.1, 0.15) is 12.7 Å². The molecule has 3 N–H and O–H groups in total. The van der Waals surface area contributed by atoms with Gasteiger partial charge in [0.25, 0.3) is 0 Å². The molecule has 2 aliphatic heterocycles. The first-order valence-corrected chi connectivity index (χ1v) is 9.80. The standard InChI is InChI=1S/C22H24N2O4/c23-19-12-27-20-13(10-26-21(19)20)9-24-22(25)28-11-18-16-7-3-1-5-14(16)15-6-2-4-8-17(15)18/h1-8,13,18-21H,9-12,23H2,(H,24,25)/t13-,19-,20+,21+/m0/s1. The highest BCUT2D eigenvalue weighted by Gasteiger charge is 2.46. The summed E-state index contributed by atoms with van der Waals surface area (Å²) in [6.45, 7) is 1.84. The lowest BCUT2D eigenvalue weighted by Crippen LogP contribution is -2.38. The van der Waals surface area contributed by atoms with Crippen molar-refractivity contribution in [2.24, 2.45) is 11.7 Å². The normalized spacial score (nSPS) is 27.9. The van der Waals surface area contributed by atoms with E-state index in [-0.39, 0.29) is 30.1 Å². The van der Waals surface area contributed by atoms with Crippen LogP contribution in [-0.4, -0.2) is 50.7 Å². The Morgan fingerprint density at radius 2 is 1.64 bits per heavy atom. The van der Waals surface area contributed by atoms with Gasteiger partial charge >= 0.3 is 6.09 Å². The average Bonchev–Trinajstić information content (AvgIpc) is 3.39. The highest BCUT2D eigenvalue weighted by molar-refractivity contribution is 5.79. The number of fused-ring (bicyclic) bond motifs is 4. The van der Waals surface area contributed by atoms with E-state index < -0.39 is 6.09 Å². The Bertz CT molecular complexity index is 841. The van der Waals surface area contributed by atoms with Crippen molar-refractivity contribution in [1.29, 1.82) is 0 Å². The summed E-state index contributed by atoms with van der Waals surface area (Å²) in [7, 11) is 0. The van der Waals surface area contributed by atoms with Crippen molar-refractivity contribution in [3.8, 4) is 11.1 Å². The number of alkyl carbamates (subject to hydrolysis) is 1. The second-order valence-corrected chi connectivity index (χ2v) is 7.73. The Labute approximate surface area is 164 Å². The molecule has 28 heavy (non-hydrogen) atoms. The zero-order valence-electron chi connectivity index (χ0n) is 15.5. The molecule has 6 heteroatoms. The molecule has 1 aliphatic carbocycles. The zero-order valence-corrected chi connectivity index (χ0v) is 15.5. The Kier molecular flexibility index (Phi) is 4.55. The van der Waals surface area contributed by atoms with Gasteiger partial charge in [-0.25, -0.2) is 4.79 Å². The molecule has 3 aliphatic rings. The topological polar surface area (TPSA) is 82.8 Å². The summed E-state index contributed by atoms with van der Waals surface area (Å²) in [6, 6.07) is 16.5. The summed E-state index contributed by atoms with van der Waals surface area (Å²) in [6.07, 6.45) is -0.509. The number of rotatable bonds is 4. The molecule has 2 fully saturated rings. The number of carbonyl (C=O) groups excluding carboxylic acids is 1. The van der Waals surface area contributed by atoms with E-state index in [0.717, 1.165) is 0 Å². The lowest BCUT2D eigenvalue weighted by Gasteiger charge is -2.18. The first kappa shape index (κ1) is 17.7. The number of ether oxygens (including phenoxy) is 3. The van der Waals surface area contributed by atoms with E-state index in [0.29, 0.717) is 26.4 Å². The molecule has 0 unspecified atom stereocenters. The smallest absolute Gasteiger partial charge is 0.407 e. The van der Waals surface area contributed by atoms with Crippen molar-refractivity contribution in [2.75, 3.05) is 26.4 Å². The van der Waals surface area contributed by atoms with E-state index in [9.17, 15) is 4.79 Å². The fourth-order valence-electron chi connectivity index (χ4n) is 4.65. The largest absolute Gasteiger partial charge is 0.449 e. The van der Waals surface area contributed by atoms with E-state index in [1.54, 1.807) is 0 Å². The van der Waals surface area contributed by atoms with Crippen LogP contribution < -0.4 is 11.1 Å². The number of carbonyl (C=O) groups is 1. The second-order valence-electron chi connectivity index (χ2n) is 7.73. The number of hydrogen-bond donors (Lipinski definition) is 2. The second kappa shape index (κ2) is 7.20. The first-order chi connectivity index (χ1) is 13.7. The van der Waals surface area contributed by atoms with E-state index in [1.165, 1.54) is 22.3 Å². The van der Waals surface area contributed by atoms with Crippen molar-refractivity contribution in [2.45, 2.75) is 24.2 Å². The third-order valence-corrected chi connectivity index (χ3v) is 6.05. The molecule has 6 nitrogen and oxygen atoms in total. The van der Waals surface area contributed by atoms with Crippen LogP contribution >= 0.6 is 0 Å². The third kappa shape index (κ3) is 2.98. The van der Waals surface area contributed by atoms with Crippen LogP contribution in [0.5, 0.6) is 0 Å². The fraction of sp³-hybridized carbons (Fsp3) is 0.409. The fourth-order valence-corrected chi connectivity index (χ4v) is 4.65. The van der Waals surface area contributed by atoms with E-state index in [1.807, 2.05) is 24.3 Å². The molecular weight excluding hydrogens is 356 g/mol. The predicted octanol–water partition coefficient (Wildman–Crippen LogP) is 2.27. The Hall–Kier alpha value is -2.41. The number of hydrogen-bond acceptors (Lipinski definition) is 5. The number of amides is 1. The molecule has 1 amide bonds. The van der Waals surface area contributed by atoms with E-state index in [4.69, 9.17) is 19.9 Å². The summed E-state index contributed by atoms with van der Waals surface area (Å²) in [4.78, 5) is 12.3. The average molecular weight is 380 g/mol. The molecule has 0 spiro atoms. The predicted molar refractivity (Wildman–Crippen MR) is 104 cm³/mol. The monoisotopic (exact) mass is 380 g/mol. The molecule has 0 aromatic heterocycles. The van der Waals surface area contributed by atoms with Crippen LogP contribution in [-0.2, 0) is 14.2 Å². The minimum atomic E-state index is -0.410. The lowest BCUT2D eigenvalue weighted by molar-refractivity contribution is 0.0624. The van der Waals surface area contributed by atoms with Gasteiger partial charge in [-0.05, 0) is 22.3 Å². The number of benzene rings is 2.